The minimum atomic E-state index is 0.0101. The van der Waals surface area contributed by atoms with Crippen LogP contribution >= 0.6 is 20.3 Å². The van der Waals surface area contributed by atoms with Crippen LogP contribution in [0.15, 0.2) is 71.7 Å². The number of aryl methyl sites for hydroxylation is 2. The first-order valence-electron chi connectivity index (χ1n) is 11.6. The molecule has 0 spiro atoms. The summed E-state index contributed by atoms with van der Waals surface area (Å²) in [6.45, 7) is 9.06. The van der Waals surface area contributed by atoms with E-state index in [0.717, 1.165) is 29.9 Å². The highest BCUT2D eigenvalue weighted by Crippen LogP contribution is 2.51. The average Bonchev–Trinajstić information content (AvgIpc) is 2.84. The molecule has 0 bridgehead atoms. The lowest BCUT2D eigenvalue weighted by molar-refractivity contribution is 0.379. The van der Waals surface area contributed by atoms with Crippen molar-refractivity contribution >= 4 is 31.4 Å². The molecule has 0 fully saturated rings. The third-order valence-corrected chi connectivity index (χ3v) is 9.08. The average molecular weight is 478 g/mol. The fourth-order valence-corrected chi connectivity index (χ4v) is 6.44. The van der Waals surface area contributed by atoms with E-state index in [4.69, 9.17) is 9.73 Å². The standard InChI is InChI=1S/C29H36NOPS/c1-7-29(8-2,25-19-21(3)17-18-26(25)31-20-33-6)32-28-22(4)13-12-16-24(28)27(30-5)23-14-10-9-11-15-23/h9-19,32H,7-8,20H2,1-6H3/b30-27+. The van der Waals surface area contributed by atoms with Gasteiger partial charge in [-0.05, 0) is 49.9 Å². The van der Waals surface area contributed by atoms with Gasteiger partial charge in [0.15, 0.2) is 0 Å². The molecule has 0 saturated heterocycles. The van der Waals surface area contributed by atoms with E-state index in [-0.39, 0.29) is 5.16 Å². The molecule has 0 N–H and O–H groups in total. The number of thioether (sulfide) groups is 1. The van der Waals surface area contributed by atoms with Crippen LogP contribution in [0, 0.1) is 13.8 Å². The van der Waals surface area contributed by atoms with Crippen LogP contribution < -0.4 is 10.0 Å². The van der Waals surface area contributed by atoms with Gasteiger partial charge in [0.2, 0.25) is 0 Å². The van der Waals surface area contributed by atoms with Crippen molar-refractivity contribution in [3.05, 3.63) is 94.5 Å². The molecule has 0 aliphatic rings. The Kier molecular flexibility index (Phi) is 9.18. The van der Waals surface area contributed by atoms with Crippen LogP contribution in [0.4, 0.5) is 0 Å². The first-order chi connectivity index (χ1) is 16.0. The number of hydrogen-bond donors (Lipinski definition) is 0. The number of aliphatic imine (C=N–C) groups is 1. The van der Waals surface area contributed by atoms with E-state index < -0.39 is 0 Å². The Balaban J connectivity index is 2.16. The van der Waals surface area contributed by atoms with Gasteiger partial charge in [-0.1, -0.05) is 88.7 Å². The van der Waals surface area contributed by atoms with Gasteiger partial charge in [-0.15, -0.1) is 11.8 Å². The molecule has 174 valence electrons. The van der Waals surface area contributed by atoms with Gasteiger partial charge in [0.25, 0.3) is 0 Å². The number of benzene rings is 3. The quantitative estimate of drug-likeness (QED) is 0.171. The second-order valence-electron chi connectivity index (χ2n) is 8.40. The highest BCUT2D eigenvalue weighted by atomic mass is 32.2. The van der Waals surface area contributed by atoms with E-state index in [1.807, 2.05) is 7.05 Å². The molecule has 3 aromatic carbocycles. The molecular formula is C29H36NOPS. The van der Waals surface area contributed by atoms with Crippen molar-refractivity contribution < 1.29 is 4.74 Å². The van der Waals surface area contributed by atoms with Gasteiger partial charge < -0.3 is 4.74 Å². The second-order valence-corrected chi connectivity index (χ2v) is 10.9. The SMILES string of the molecule is CCC(CC)(Pc1c(C)cccc1/C(=N/C)c1ccccc1)c1cc(C)ccc1OCSC. The first-order valence-corrected chi connectivity index (χ1v) is 14.0. The highest BCUT2D eigenvalue weighted by molar-refractivity contribution is 7.98. The molecule has 1 unspecified atom stereocenters. The van der Waals surface area contributed by atoms with Crippen LogP contribution in [0.2, 0.25) is 0 Å². The normalized spacial score (nSPS) is 12.5. The van der Waals surface area contributed by atoms with Crippen molar-refractivity contribution in [3.8, 4) is 5.75 Å². The maximum absolute atomic E-state index is 6.23. The maximum Gasteiger partial charge on any atom is 0.133 e. The summed E-state index contributed by atoms with van der Waals surface area (Å²) < 4.78 is 6.23. The molecule has 0 saturated carbocycles. The Morgan fingerprint density at radius 3 is 2.33 bits per heavy atom. The van der Waals surface area contributed by atoms with E-state index in [2.05, 4.69) is 101 Å². The fraction of sp³-hybridized carbons (Fsp3) is 0.345. The molecule has 2 nitrogen and oxygen atoms in total. The van der Waals surface area contributed by atoms with Crippen LogP contribution in [0.3, 0.4) is 0 Å². The lowest BCUT2D eigenvalue weighted by Crippen LogP contribution is -2.26. The molecule has 0 aromatic heterocycles. The summed E-state index contributed by atoms with van der Waals surface area (Å²) in [7, 11) is 2.51. The van der Waals surface area contributed by atoms with Crippen molar-refractivity contribution in [2.24, 2.45) is 4.99 Å². The summed E-state index contributed by atoms with van der Waals surface area (Å²) in [6.07, 6.45) is 4.19. The first kappa shape index (κ1) is 25.5. The third kappa shape index (κ3) is 5.70. The molecule has 0 aliphatic carbocycles. The molecule has 3 rings (SSSR count). The minimum absolute atomic E-state index is 0.0101. The number of nitrogens with zero attached hydrogens (tertiary/aromatic N) is 1. The van der Waals surface area contributed by atoms with E-state index in [0.29, 0.717) is 14.5 Å². The largest absolute Gasteiger partial charge is 0.483 e. The Morgan fingerprint density at radius 1 is 0.970 bits per heavy atom. The highest BCUT2D eigenvalue weighted by Gasteiger charge is 2.34. The predicted molar refractivity (Wildman–Crippen MR) is 150 cm³/mol. The Morgan fingerprint density at radius 2 is 1.70 bits per heavy atom. The van der Waals surface area contributed by atoms with Gasteiger partial charge in [0.1, 0.15) is 11.7 Å². The lowest BCUT2D eigenvalue weighted by atomic mass is 9.90. The summed E-state index contributed by atoms with van der Waals surface area (Å²) in [5.74, 6) is 1.69. The van der Waals surface area contributed by atoms with Gasteiger partial charge in [-0.25, -0.2) is 0 Å². The Labute approximate surface area is 206 Å². The summed E-state index contributed by atoms with van der Waals surface area (Å²) in [5.41, 5.74) is 7.41. The smallest absolute Gasteiger partial charge is 0.133 e. The van der Waals surface area contributed by atoms with E-state index in [1.165, 1.54) is 27.6 Å². The number of rotatable bonds is 10. The van der Waals surface area contributed by atoms with Crippen molar-refractivity contribution in [3.63, 3.8) is 0 Å². The van der Waals surface area contributed by atoms with E-state index >= 15 is 0 Å². The molecular weight excluding hydrogens is 441 g/mol. The molecule has 1 atom stereocenters. The summed E-state index contributed by atoms with van der Waals surface area (Å²) in [6, 6.07) is 23.8. The third-order valence-electron chi connectivity index (χ3n) is 6.35. The zero-order chi connectivity index (χ0) is 23.8. The van der Waals surface area contributed by atoms with Gasteiger partial charge in [0, 0.05) is 28.9 Å². The number of ether oxygens (including phenoxy) is 1. The molecule has 3 aromatic rings. The molecule has 0 heterocycles. The van der Waals surface area contributed by atoms with Crippen molar-refractivity contribution in [2.45, 2.75) is 45.7 Å². The molecule has 4 heteroatoms. The zero-order valence-corrected chi connectivity index (χ0v) is 22.6. The van der Waals surface area contributed by atoms with E-state index in [9.17, 15) is 0 Å². The van der Waals surface area contributed by atoms with Crippen LogP contribution in [0.1, 0.15) is 54.5 Å². The Bertz CT molecular complexity index is 1090. The van der Waals surface area contributed by atoms with Gasteiger partial charge in [0.05, 0.1) is 5.71 Å². The van der Waals surface area contributed by atoms with Crippen LogP contribution in [0.25, 0.3) is 0 Å². The number of hydrogen-bond acceptors (Lipinski definition) is 3. The monoisotopic (exact) mass is 477 g/mol. The lowest BCUT2D eigenvalue weighted by Gasteiger charge is -2.35. The van der Waals surface area contributed by atoms with Gasteiger partial charge in [-0.2, -0.15) is 0 Å². The summed E-state index contributed by atoms with van der Waals surface area (Å²) >= 11 is 1.71. The minimum Gasteiger partial charge on any atom is -0.483 e. The summed E-state index contributed by atoms with van der Waals surface area (Å²) in [4.78, 5) is 4.75. The van der Waals surface area contributed by atoms with Crippen molar-refractivity contribution in [1.82, 2.24) is 0 Å². The van der Waals surface area contributed by atoms with E-state index in [1.54, 1.807) is 11.8 Å². The Hall–Kier alpha value is -2.09. The molecule has 0 aliphatic heterocycles. The van der Waals surface area contributed by atoms with Crippen molar-refractivity contribution in [1.29, 1.82) is 0 Å². The molecule has 0 radical (unpaired) electrons. The molecule has 33 heavy (non-hydrogen) atoms. The van der Waals surface area contributed by atoms with Crippen molar-refractivity contribution in [2.75, 3.05) is 19.2 Å². The predicted octanol–water partition coefficient (Wildman–Crippen LogP) is 7.49. The summed E-state index contributed by atoms with van der Waals surface area (Å²) in [5, 5.41) is 1.42. The zero-order valence-electron chi connectivity index (χ0n) is 20.7. The molecule has 0 amide bonds. The fourth-order valence-electron chi connectivity index (χ4n) is 4.41. The van der Waals surface area contributed by atoms with Gasteiger partial charge in [-0.3, -0.25) is 4.99 Å². The second kappa shape index (κ2) is 11.9. The maximum atomic E-state index is 6.23. The van der Waals surface area contributed by atoms with Crippen LogP contribution in [-0.2, 0) is 5.16 Å². The van der Waals surface area contributed by atoms with Crippen LogP contribution in [0.5, 0.6) is 5.75 Å². The topological polar surface area (TPSA) is 21.6 Å². The van der Waals surface area contributed by atoms with Crippen LogP contribution in [-0.4, -0.2) is 25.0 Å². The van der Waals surface area contributed by atoms with Gasteiger partial charge >= 0.3 is 0 Å².